The Morgan fingerprint density at radius 3 is 2.36 bits per heavy atom. The van der Waals surface area contributed by atoms with Crippen molar-refractivity contribution in [3.8, 4) is 0 Å². The molecule has 3 aromatic carbocycles. The van der Waals surface area contributed by atoms with E-state index >= 15 is 0 Å². The standard InChI is InChI=1S/C25H24N2O/c1-18-12-14-20(15-13-18)26-25(28)16-22(19-8-4-3-5-9-19)23-17-27(2)24-11-7-6-10-21(23)24/h3-15,17,22H,16H2,1-2H3,(H,26,28). The van der Waals surface area contributed by atoms with Gasteiger partial charge in [0.05, 0.1) is 0 Å². The van der Waals surface area contributed by atoms with Gasteiger partial charge in [-0.05, 0) is 36.2 Å². The van der Waals surface area contributed by atoms with Crippen molar-refractivity contribution in [1.82, 2.24) is 4.57 Å². The number of carbonyl (C=O) groups is 1. The van der Waals surface area contributed by atoms with Gasteiger partial charge in [-0.2, -0.15) is 0 Å². The molecular formula is C25H24N2O. The van der Waals surface area contributed by atoms with E-state index in [1.807, 2.05) is 55.5 Å². The van der Waals surface area contributed by atoms with E-state index in [-0.39, 0.29) is 11.8 Å². The van der Waals surface area contributed by atoms with Gasteiger partial charge in [0, 0.05) is 42.2 Å². The van der Waals surface area contributed by atoms with Gasteiger partial charge in [0.25, 0.3) is 0 Å². The maximum absolute atomic E-state index is 12.9. The van der Waals surface area contributed by atoms with Crippen LogP contribution in [0.15, 0.2) is 85.1 Å². The molecule has 140 valence electrons. The van der Waals surface area contributed by atoms with Crippen molar-refractivity contribution in [2.75, 3.05) is 5.32 Å². The highest BCUT2D eigenvalue weighted by atomic mass is 16.1. The molecule has 1 N–H and O–H groups in total. The number of para-hydroxylation sites is 1. The normalized spacial score (nSPS) is 12.1. The molecule has 3 heteroatoms. The summed E-state index contributed by atoms with van der Waals surface area (Å²) in [7, 11) is 2.06. The smallest absolute Gasteiger partial charge is 0.225 e. The molecule has 0 bridgehead atoms. The maximum Gasteiger partial charge on any atom is 0.225 e. The monoisotopic (exact) mass is 368 g/mol. The molecule has 1 heterocycles. The Labute approximate surface area is 165 Å². The molecule has 1 atom stereocenters. The van der Waals surface area contributed by atoms with E-state index < -0.39 is 0 Å². The Morgan fingerprint density at radius 1 is 0.929 bits per heavy atom. The average Bonchev–Trinajstić information content (AvgIpc) is 3.05. The van der Waals surface area contributed by atoms with Crippen molar-refractivity contribution in [3.63, 3.8) is 0 Å². The first-order chi connectivity index (χ1) is 13.6. The Morgan fingerprint density at radius 2 is 1.61 bits per heavy atom. The quantitative estimate of drug-likeness (QED) is 0.485. The second kappa shape index (κ2) is 7.73. The average molecular weight is 368 g/mol. The third-order valence-corrected chi connectivity index (χ3v) is 5.23. The van der Waals surface area contributed by atoms with E-state index in [9.17, 15) is 4.79 Å². The topological polar surface area (TPSA) is 34.0 Å². The molecule has 4 aromatic rings. The van der Waals surface area contributed by atoms with Gasteiger partial charge in [0.1, 0.15) is 0 Å². The van der Waals surface area contributed by atoms with Crippen LogP contribution in [0.1, 0.15) is 29.0 Å². The fraction of sp³-hybridized carbons (Fsp3) is 0.160. The second-order valence-corrected chi connectivity index (χ2v) is 7.29. The number of carbonyl (C=O) groups excluding carboxylic acids is 1. The van der Waals surface area contributed by atoms with E-state index in [4.69, 9.17) is 0 Å². The number of anilines is 1. The summed E-state index contributed by atoms with van der Waals surface area (Å²) in [5.41, 5.74) is 5.52. The van der Waals surface area contributed by atoms with Gasteiger partial charge in [-0.15, -0.1) is 0 Å². The summed E-state index contributed by atoms with van der Waals surface area (Å²) < 4.78 is 2.14. The molecule has 3 nitrogen and oxygen atoms in total. The molecule has 0 radical (unpaired) electrons. The third kappa shape index (κ3) is 3.70. The van der Waals surface area contributed by atoms with Crippen LogP contribution < -0.4 is 5.32 Å². The van der Waals surface area contributed by atoms with Crippen molar-refractivity contribution in [2.24, 2.45) is 7.05 Å². The fourth-order valence-electron chi connectivity index (χ4n) is 3.78. The predicted octanol–water partition coefficient (Wildman–Crippen LogP) is 5.65. The van der Waals surface area contributed by atoms with Crippen molar-refractivity contribution in [3.05, 3.63) is 102 Å². The lowest BCUT2D eigenvalue weighted by Gasteiger charge is -2.17. The van der Waals surface area contributed by atoms with Crippen molar-refractivity contribution in [1.29, 1.82) is 0 Å². The van der Waals surface area contributed by atoms with Crippen LogP contribution in [0.3, 0.4) is 0 Å². The van der Waals surface area contributed by atoms with E-state index in [1.165, 1.54) is 22.0 Å². The first-order valence-corrected chi connectivity index (χ1v) is 9.57. The van der Waals surface area contributed by atoms with Gasteiger partial charge in [-0.25, -0.2) is 0 Å². The van der Waals surface area contributed by atoms with Gasteiger partial charge < -0.3 is 9.88 Å². The molecule has 0 spiro atoms. The SMILES string of the molecule is Cc1ccc(NC(=O)CC(c2ccccc2)c2cn(C)c3ccccc23)cc1. The molecule has 4 rings (SSSR count). The zero-order valence-electron chi connectivity index (χ0n) is 16.2. The number of aromatic nitrogens is 1. The third-order valence-electron chi connectivity index (χ3n) is 5.23. The molecule has 1 amide bonds. The summed E-state index contributed by atoms with van der Waals surface area (Å²) in [4.78, 5) is 12.9. The molecule has 0 aliphatic rings. The largest absolute Gasteiger partial charge is 0.350 e. The summed E-state index contributed by atoms with van der Waals surface area (Å²) in [5.74, 6) is 0.0170. The number of nitrogens with zero attached hydrogens (tertiary/aromatic N) is 1. The van der Waals surface area contributed by atoms with Crippen LogP contribution in [0.4, 0.5) is 5.69 Å². The lowest BCUT2D eigenvalue weighted by molar-refractivity contribution is -0.116. The Kier molecular flexibility index (Phi) is 4.98. The number of rotatable bonds is 5. The summed E-state index contributed by atoms with van der Waals surface area (Å²) in [6.45, 7) is 2.04. The molecule has 1 unspecified atom stereocenters. The Bertz CT molecular complexity index is 1090. The van der Waals surface area contributed by atoms with Gasteiger partial charge in [-0.1, -0.05) is 66.2 Å². The fourth-order valence-corrected chi connectivity index (χ4v) is 3.78. The van der Waals surface area contributed by atoms with Crippen LogP contribution >= 0.6 is 0 Å². The number of fused-ring (bicyclic) bond motifs is 1. The summed E-state index contributed by atoms with van der Waals surface area (Å²) in [6, 6.07) is 26.6. The van der Waals surface area contributed by atoms with E-state index in [1.54, 1.807) is 0 Å². The molecule has 0 fully saturated rings. The molecule has 1 aromatic heterocycles. The molecule has 28 heavy (non-hydrogen) atoms. The molecule has 0 saturated carbocycles. The molecule has 0 saturated heterocycles. The lowest BCUT2D eigenvalue weighted by atomic mass is 9.88. The van der Waals surface area contributed by atoms with Gasteiger partial charge in [-0.3, -0.25) is 4.79 Å². The first kappa shape index (κ1) is 18.1. The van der Waals surface area contributed by atoms with Crippen LogP contribution in [-0.2, 0) is 11.8 Å². The van der Waals surface area contributed by atoms with Crippen LogP contribution in [-0.4, -0.2) is 10.5 Å². The van der Waals surface area contributed by atoms with Crippen LogP contribution in [0.25, 0.3) is 10.9 Å². The maximum atomic E-state index is 12.9. The van der Waals surface area contributed by atoms with Crippen molar-refractivity contribution >= 4 is 22.5 Å². The Hall–Kier alpha value is -3.33. The number of hydrogen-bond donors (Lipinski definition) is 1. The van der Waals surface area contributed by atoms with Gasteiger partial charge >= 0.3 is 0 Å². The molecule has 0 aliphatic carbocycles. The number of hydrogen-bond acceptors (Lipinski definition) is 1. The van der Waals surface area contributed by atoms with Crippen LogP contribution in [0.2, 0.25) is 0 Å². The molecular weight excluding hydrogens is 344 g/mol. The minimum absolute atomic E-state index is 0.00208. The van der Waals surface area contributed by atoms with Crippen LogP contribution in [0, 0.1) is 6.92 Å². The number of nitrogens with one attached hydrogen (secondary N) is 1. The van der Waals surface area contributed by atoms with Crippen LogP contribution in [0.5, 0.6) is 0 Å². The highest BCUT2D eigenvalue weighted by Crippen LogP contribution is 2.34. The zero-order chi connectivity index (χ0) is 19.5. The summed E-state index contributed by atoms with van der Waals surface area (Å²) in [6.07, 6.45) is 2.55. The van der Waals surface area contributed by atoms with Crippen molar-refractivity contribution < 1.29 is 4.79 Å². The van der Waals surface area contributed by atoms with Crippen molar-refractivity contribution in [2.45, 2.75) is 19.3 Å². The second-order valence-electron chi connectivity index (χ2n) is 7.29. The zero-order valence-corrected chi connectivity index (χ0v) is 16.2. The lowest BCUT2D eigenvalue weighted by Crippen LogP contribution is -2.16. The highest BCUT2D eigenvalue weighted by molar-refractivity contribution is 5.93. The number of benzene rings is 3. The van der Waals surface area contributed by atoms with E-state index in [2.05, 4.69) is 53.5 Å². The first-order valence-electron chi connectivity index (χ1n) is 9.57. The number of aryl methyl sites for hydroxylation is 2. The van der Waals surface area contributed by atoms with Gasteiger partial charge in [0.15, 0.2) is 0 Å². The molecule has 0 aliphatic heterocycles. The Balaban J connectivity index is 1.68. The van der Waals surface area contributed by atoms with E-state index in [0.29, 0.717) is 6.42 Å². The highest BCUT2D eigenvalue weighted by Gasteiger charge is 2.22. The predicted molar refractivity (Wildman–Crippen MR) is 116 cm³/mol. The van der Waals surface area contributed by atoms with E-state index in [0.717, 1.165) is 11.3 Å². The minimum atomic E-state index is -0.00208. The number of amides is 1. The summed E-state index contributed by atoms with van der Waals surface area (Å²) in [5, 5.41) is 4.24. The summed E-state index contributed by atoms with van der Waals surface area (Å²) >= 11 is 0. The van der Waals surface area contributed by atoms with Gasteiger partial charge in [0.2, 0.25) is 5.91 Å². The minimum Gasteiger partial charge on any atom is -0.350 e.